The third-order valence-corrected chi connectivity index (χ3v) is 2.69. The molecule has 84 valence electrons. The molecular formula is C10H10BrF3O. The average molecular weight is 283 g/mol. The molecule has 0 fully saturated rings. The number of halogens is 4. The normalized spacial score (nSPS) is 11.9. The lowest BCUT2D eigenvalue weighted by Gasteiger charge is -2.14. The van der Waals surface area contributed by atoms with Crippen molar-refractivity contribution in [2.24, 2.45) is 0 Å². The van der Waals surface area contributed by atoms with Crippen molar-refractivity contribution in [3.05, 3.63) is 28.2 Å². The van der Waals surface area contributed by atoms with E-state index in [0.717, 1.165) is 5.56 Å². The summed E-state index contributed by atoms with van der Waals surface area (Å²) < 4.78 is 40.3. The maximum Gasteiger partial charge on any atom is 0.573 e. The summed E-state index contributed by atoms with van der Waals surface area (Å²) >= 11 is 3.11. The fourth-order valence-electron chi connectivity index (χ4n) is 1.18. The van der Waals surface area contributed by atoms with E-state index >= 15 is 0 Å². The molecule has 0 aliphatic carbocycles. The summed E-state index contributed by atoms with van der Waals surface area (Å²) in [5, 5.41) is 0. The minimum atomic E-state index is -4.65. The molecule has 1 rings (SSSR count). The van der Waals surface area contributed by atoms with Gasteiger partial charge < -0.3 is 4.74 Å². The number of alkyl halides is 3. The van der Waals surface area contributed by atoms with Gasteiger partial charge in [-0.15, -0.1) is 13.2 Å². The van der Waals surface area contributed by atoms with E-state index in [1.54, 1.807) is 12.1 Å². The second kappa shape index (κ2) is 4.43. The maximum atomic E-state index is 12.0. The summed E-state index contributed by atoms with van der Waals surface area (Å²) in [5.74, 6) is -0.0649. The van der Waals surface area contributed by atoms with E-state index in [9.17, 15) is 13.2 Å². The SMILES string of the molecule is CC(C)c1cccc(OC(F)(F)F)c1Br. The van der Waals surface area contributed by atoms with Crippen LogP contribution in [0.25, 0.3) is 0 Å². The lowest BCUT2D eigenvalue weighted by molar-refractivity contribution is -0.274. The van der Waals surface area contributed by atoms with Gasteiger partial charge in [0.2, 0.25) is 0 Å². The third kappa shape index (κ3) is 3.41. The van der Waals surface area contributed by atoms with Crippen LogP contribution in [-0.4, -0.2) is 6.36 Å². The summed E-state index contributed by atoms with van der Waals surface area (Å²) in [6.07, 6.45) is -4.65. The molecule has 0 spiro atoms. The highest BCUT2D eigenvalue weighted by atomic mass is 79.9. The Balaban J connectivity index is 3.05. The minimum Gasteiger partial charge on any atom is -0.405 e. The van der Waals surface area contributed by atoms with Gasteiger partial charge in [0.05, 0.1) is 4.47 Å². The summed E-state index contributed by atoms with van der Waals surface area (Å²) in [5.41, 5.74) is 0.789. The van der Waals surface area contributed by atoms with Crippen molar-refractivity contribution >= 4 is 15.9 Å². The highest BCUT2D eigenvalue weighted by Gasteiger charge is 2.32. The van der Waals surface area contributed by atoms with Crippen LogP contribution in [0.1, 0.15) is 25.3 Å². The number of rotatable bonds is 2. The van der Waals surface area contributed by atoms with E-state index in [2.05, 4.69) is 20.7 Å². The van der Waals surface area contributed by atoms with Crippen molar-refractivity contribution in [1.29, 1.82) is 0 Å². The van der Waals surface area contributed by atoms with Gasteiger partial charge in [-0.3, -0.25) is 0 Å². The lowest BCUT2D eigenvalue weighted by Crippen LogP contribution is -2.17. The van der Waals surface area contributed by atoms with E-state index < -0.39 is 6.36 Å². The molecule has 0 radical (unpaired) electrons. The Morgan fingerprint density at radius 1 is 1.27 bits per heavy atom. The second-order valence-corrected chi connectivity index (χ2v) is 4.15. The van der Waals surface area contributed by atoms with Gasteiger partial charge in [-0.05, 0) is 33.5 Å². The Bertz CT molecular complexity index is 347. The maximum absolute atomic E-state index is 12.0. The summed E-state index contributed by atoms with van der Waals surface area (Å²) in [6.45, 7) is 3.80. The van der Waals surface area contributed by atoms with Gasteiger partial charge in [0, 0.05) is 0 Å². The number of hydrogen-bond acceptors (Lipinski definition) is 1. The van der Waals surface area contributed by atoms with Gasteiger partial charge in [0.1, 0.15) is 5.75 Å². The van der Waals surface area contributed by atoms with E-state index in [4.69, 9.17) is 0 Å². The molecule has 1 aromatic rings. The summed E-state index contributed by atoms with van der Waals surface area (Å²) in [4.78, 5) is 0. The highest BCUT2D eigenvalue weighted by Crippen LogP contribution is 2.35. The monoisotopic (exact) mass is 282 g/mol. The second-order valence-electron chi connectivity index (χ2n) is 3.36. The van der Waals surface area contributed by atoms with Crippen LogP contribution in [0.4, 0.5) is 13.2 Å². The first-order chi connectivity index (χ1) is 6.81. The van der Waals surface area contributed by atoms with Crippen molar-refractivity contribution in [3.8, 4) is 5.75 Å². The fraction of sp³-hybridized carbons (Fsp3) is 0.400. The Morgan fingerprint density at radius 3 is 2.33 bits per heavy atom. The van der Waals surface area contributed by atoms with Crippen molar-refractivity contribution in [1.82, 2.24) is 0 Å². The quantitative estimate of drug-likeness (QED) is 0.778. The van der Waals surface area contributed by atoms with Crippen LogP contribution in [-0.2, 0) is 0 Å². The molecule has 0 heterocycles. The molecule has 0 N–H and O–H groups in total. The van der Waals surface area contributed by atoms with Gasteiger partial charge in [-0.25, -0.2) is 0 Å². The van der Waals surface area contributed by atoms with Gasteiger partial charge in [-0.2, -0.15) is 0 Å². The number of ether oxygens (including phenoxy) is 1. The van der Waals surface area contributed by atoms with Crippen LogP contribution < -0.4 is 4.74 Å². The fourth-order valence-corrected chi connectivity index (χ4v) is 1.98. The number of benzene rings is 1. The Kier molecular flexibility index (Phi) is 3.65. The third-order valence-electron chi connectivity index (χ3n) is 1.84. The first kappa shape index (κ1) is 12.4. The summed E-state index contributed by atoms with van der Waals surface area (Å²) in [6, 6.07) is 4.59. The van der Waals surface area contributed by atoms with Crippen LogP contribution in [0, 0.1) is 0 Å². The highest BCUT2D eigenvalue weighted by molar-refractivity contribution is 9.10. The smallest absolute Gasteiger partial charge is 0.405 e. The molecule has 0 saturated heterocycles. The predicted octanol–water partition coefficient (Wildman–Crippen LogP) is 4.47. The minimum absolute atomic E-state index is 0.135. The first-order valence-electron chi connectivity index (χ1n) is 4.35. The molecule has 0 unspecified atom stereocenters. The Labute approximate surface area is 94.4 Å². The van der Waals surface area contributed by atoms with Gasteiger partial charge in [0.15, 0.2) is 0 Å². The molecule has 0 amide bonds. The Morgan fingerprint density at radius 2 is 1.87 bits per heavy atom. The van der Waals surface area contributed by atoms with Crippen LogP contribution >= 0.6 is 15.9 Å². The molecule has 5 heteroatoms. The van der Waals surface area contributed by atoms with Crippen molar-refractivity contribution in [3.63, 3.8) is 0 Å². The average Bonchev–Trinajstić information content (AvgIpc) is 2.05. The molecule has 0 aliphatic rings. The van der Waals surface area contributed by atoms with Crippen LogP contribution in [0.15, 0.2) is 22.7 Å². The van der Waals surface area contributed by atoms with Crippen molar-refractivity contribution in [2.75, 3.05) is 0 Å². The van der Waals surface area contributed by atoms with Crippen LogP contribution in [0.3, 0.4) is 0 Å². The zero-order valence-corrected chi connectivity index (χ0v) is 9.82. The molecule has 1 nitrogen and oxygen atoms in total. The molecule has 0 atom stereocenters. The van der Waals surface area contributed by atoms with Crippen LogP contribution in [0.2, 0.25) is 0 Å². The molecule has 0 aromatic heterocycles. The van der Waals surface area contributed by atoms with Crippen LogP contribution in [0.5, 0.6) is 5.75 Å². The molecule has 0 bridgehead atoms. The van der Waals surface area contributed by atoms with E-state index in [0.29, 0.717) is 4.47 Å². The van der Waals surface area contributed by atoms with Crippen molar-refractivity contribution < 1.29 is 17.9 Å². The molecule has 1 aromatic carbocycles. The van der Waals surface area contributed by atoms with E-state index in [1.807, 2.05) is 13.8 Å². The van der Waals surface area contributed by atoms with E-state index in [-0.39, 0.29) is 11.7 Å². The molecule has 0 saturated carbocycles. The van der Waals surface area contributed by atoms with Gasteiger partial charge in [0.25, 0.3) is 0 Å². The standard InChI is InChI=1S/C10H10BrF3O/c1-6(2)7-4-3-5-8(9(7)11)15-10(12,13)14/h3-6H,1-2H3. The summed E-state index contributed by atoms with van der Waals surface area (Å²) in [7, 11) is 0. The predicted molar refractivity (Wildman–Crippen MR) is 54.9 cm³/mol. The topological polar surface area (TPSA) is 9.23 Å². The lowest BCUT2D eigenvalue weighted by atomic mass is 10.0. The van der Waals surface area contributed by atoms with E-state index in [1.165, 1.54) is 6.07 Å². The number of hydrogen-bond donors (Lipinski definition) is 0. The molecule has 15 heavy (non-hydrogen) atoms. The Hall–Kier alpha value is -0.710. The molecule has 0 aliphatic heterocycles. The zero-order valence-electron chi connectivity index (χ0n) is 8.23. The molecular weight excluding hydrogens is 273 g/mol. The van der Waals surface area contributed by atoms with Crippen molar-refractivity contribution in [2.45, 2.75) is 26.1 Å². The largest absolute Gasteiger partial charge is 0.573 e. The zero-order chi connectivity index (χ0) is 11.6. The van der Waals surface area contributed by atoms with Gasteiger partial charge in [-0.1, -0.05) is 26.0 Å². The van der Waals surface area contributed by atoms with Gasteiger partial charge >= 0.3 is 6.36 Å². The first-order valence-corrected chi connectivity index (χ1v) is 5.14.